The molecular formula is C13H18N2O4S. The van der Waals surface area contributed by atoms with Crippen molar-refractivity contribution >= 4 is 21.6 Å². The Bertz CT molecular complexity index is 597. The van der Waals surface area contributed by atoms with Crippen molar-refractivity contribution in [1.29, 1.82) is 0 Å². The number of carbonyl (C=O) groups is 1. The molecule has 20 heavy (non-hydrogen) atoms. The number of amides is 2. The van der Waals surface area contributed by atoms with Gasteiger partial charge in [0.1, 0.15) is 5.75 Å². The molecule has 1 aromatic rings. The zero-order valence-corrected chi connectivity index (χ0v) is 12.3. The number of methoxy groups -OCH3 is 1. The molecule has 1 atom stereocenters. The molecule has 2 N–H and O–H groups in total. The second-order valence-corrected chi connectivity index (χ2v) is 7.39. The smallest absolute Gasteiger partial charge is 0.319 e. The van der Waals surface area contributed by atoms with Gasteiger partial charge in [0.05, 0.1) is 24.2 Å². The number of anilines is 1. The Balaban J connectivity index is 1.95. The van der Waals surface area contributed by atoms with Crippen LogP contribution in [-0.2, 0) is 9.84 Å². The van der Waals surface area contributed by atoms with E-state index >= 15 is 0 Å². The summed E-state index contributed by atoms with van der Waals surface area (Å²) in [4.78, 5) is 11.9. The number of ether oxygens (including phenoxy) is 1. The molecule has 1 heterocycles. The summed E-state index contributed by atoms with van der Waals surface area (Å²) in [5, 5.41) is 5.40. The molecule has 0 bridgehead atoms. The van der Waals surface area contributed by atoms with Crippen molar-refractivity contribution < 1.29 is 17.9 Å². The number of hydrogen-bond donors (Lipinski definition) is 2. The Morgan fingerprint density at radius 3 is 2.45 bits per heavy atom. The molecule has 110 valence electrons. The molecule has 0 unspecified atom stereocenters. The van der Waals surface area contributed by atoms with Gasteiger partial charge in [-0.05, 0) is 37.6 Å². The maximum Gasteiger partial charge on any atom is 0.319 e. The van der Waals surface area contributed by atoms with Crippen molar-refractivity contribution in [2.45, 2.75) is 18.9 Å². The number of carbonyl (C=O) groups excluding carboxylic acids is 1. The van der Waals surface area contributed by atoms with Gasteiger partial charge in [0.15, 0.2) is 9.84 Å². The molecule has 0 radical (unpaired) electrons. The fourth-order valence-corrected chi connectivity index (χ4v) is 4.31. The van der Waals surface area contributed by atoms with E-state index < -0.39 is 21.4 Å². The maximum atomic E-state index is 11.9. The van der Waals surface area contributed by atoms with Crippen LogP contribution in [-0.4, -0.2) is 38.6 Å². The van der Waals surface area contributed by atoms with Crippen molar-refractivity contribution in [3.63, 3.8) is 0 Å². The topological polar surface area (TPSA) is 84.5 Å². The van der Waals surface area contributed by atoms with E-state index in [0.29, 0.717) is 17.9 Å². The minimum Gasteiger partial charge on any atom is -0.497 e. The molecule has 6 nitrogen and oxygen atoms in total. The monoisotopic (exact) mass is 298 g/mol. The van der Waals surface area contributed by atoms with E-state index in [2.05, 4.69) is 10.6 Å². The molecule has 1 aliphatic rings. The summed E-state index contributed by atoms with van der Waals surface area (Å²) < 4.78 is 28.0. The average Bonchev–Trinajstić information content (AvgIpc) is 2.64. The van der Waals surface area contributed by atoms with Gasteiger partial charge in [-0.2, -0.15) is 0 Å². The van der Waals surface area contributed by atoms with E-state index in [1.807, 2.05) is 0 Å². The number of rotatable bonds is 3. The van der Waals surface area contributed by atoms with Crippen LogP contribution in [0, 0.1) is 0 Å². The fraction of sp³-hybridized carbons (Fsp3) is 0.462. The number of hydrogen-bond acceptors (Lipinski definition) is 4. The van der Waals surface area contributed by atoms with E-state index in [1.54, 1.807) is 38.3 Å². The van der Waals surface area contributed by atoms with Crippen LogP contribution >= 0.6 is 0 Å². The van der Waals surface area contributed by atoms with Crippen LogP contribution in [0.2, 0.25) is 0 Å². The fourth-order valence-electron chi connectivity index (χ4n) is 2.22. The lowest BCUT2D eigenvalue weighted by Gasteiger charge is -2.24. The summed E-state index contributed by atoms with van der Waals surface area (Å²) in [6, 6.07) is 6.49. The summed E-state index contributed by atoms with van der Waals surface area (Å²) in [6.45, 7) is 1.74. The Kier molecular flexibility index (Phi) is 3.89. The Hall–Kier alpha value is -1.76. The minimum absolute atomic E-state index is 0.0178. The van der Waals surface area contributed by atoms with E-state index in [0.717, 1.165) is 0 Å². The second-order valence-electron chi connectivity index (χ2n) is 5.21. The SMILES string of the molecule is COc1ccc(NC(=O)N[C@@]2(C)CCS(=O)(=O)C2)cc1. The summed E-state index contributed by atoms with van der Waals surface area (Å²) in [5.41, 5.74) is -0.0807. The van der Waals surface area contributed by atoms with Crippen molar-refractivity contribution in [2.75, 3.05) is 23.9 Å². The van der Waals surface area contributed by atoms with Gasteiger partial charge in [0.2, 0.25) is 0 Å². The Labute approximate surface area is 118 Å². The predicted octanol–water partition coefficient (Wildman–Crippen LogP) is 1.39. The van der Waals surface area contributed by atoms with Gasteiger partial charge in [0.25, 0.3) is 0 Å². The predicted molar refractivity (Wildman–Crippen MR) is 76.8 cm³/mol. The molecule has 0 aromatic heterocycles. The van der Waals surface area contributed by atoms with Gasteiger partial charge in [-0.25, -0.2) is 13.2 Å². The van der Waals surface area contributed by atoms with Crippen molar-refractivity contribution in [2.24, 2.45) is 0 Å². The molecule has 2 rings (SSSR count). The Morgan fingerprint density at radius 2 is 1.95 bits per heavy atom. The highest BCUT2D eigenvalue weighted by atomic mass is 32.2. The summed E-state index contributed by atoms with van der Waals surface area (Å²) >= 11 is 0. The summed E-state index contributed by atoms with van der Waals surface area (Å²) in [6.07, 6.45) is 0.436. The van der Waals surface area contributed by atoms with Gasteiger partial charge in [0, 0.05) is 5.69 Å². The first-order valence-corrected chi connectivity index (χ1v) is 8.08. The lowest BCUT2D eigenvalue weighted by atomic mass is 10.0. The molecular weight excluding hydrogens is 280 g/mol. The molecule has 1 saturated heterocycles. The third-order valence-corrected chi connectivity index (χ3v) is 5.17. The van der Waals surface area contributed by atoms with Gasteiger partial charge in [-0.3, -0.25) is 0 Å². The number of sulfone groups is 1. The Morgan fingerprint density at radius 1 is 1.30 bits per heavy atom. The van der Waals surface area contributed by atoms with Crippen molar-refractivity contribution in [3.8, 4) is 5.75 Å². The minimum atomic E-state index is -3.04. The number of nitrogens with one attached hydrogen (secondary N) is 2. The lowest BCUT2D eigenvalue weighted by molar-refractivity contribution is 0.242. The van der Waals surface area contributed by atoms with Crippen molar-refractivity contribution in [1.82, 2.24) is 5.32 Å². The maximum absolute atomic E-state index is 11.9. The van der Waals surface area contributed by atoms with Crippen molar-refractivity contribution in [3.05, 3.63) is 24.3 Å². The number of benzene rings is 1. The van der Waals surface area contributed by atoms with Crippen LogP contribution in [0.5, 0.6) is 5.75 Å². The van der Waals surface area contributed by atoms with Gasteiger partial charge >= 0.3 is 6.03 Å². The third-order valence-electron chi connectivity index (χ3n) is 3.27. The molecule has 0 aliphatic carbocycles. The lowest BCUT2D eigenvalue weighted by Crippen LogP contribution is -2.48. The van der Waals surface area contributed by atoms with Crippen LogP contribution < -0.4 is 15.4 Å². The molecule has 1 aliphatic heterocycles. The van der Waals surface area contributed by atoms with Crippen LogP contribution in [0.15, 0.2) is 24.3 Å². The zero-order chi connectivity index (χ0) is 14.8. The highest BCUT2D eigenvalue weighted by molar-refractivity contribution is 7.91. The third kappa shape index (κ3) is 3.63. The van der Waals surface area contributed by atoms with Gasteiger partial charge in [-0.1, -0.05) is 0 Å². The first-order valence-electron chi connectivity index (χ1n) is 6.26. The second kappa shape index (κ2) is 5.32. The quantitative estimate of drug-likeness (QED) is 0.883. The summed E-state index contributed by atoms with van der Waals surface area (Å²) in [5.74, 6) is 0.798. The number of urea groups is 1. The van der Waals surface area contributed by atoms with Crippen LogP contribution in [0.1, 0.15) is 13.3 Å². The van der Waals surface area contributed by atoms with E-state index in [4.69, 9.17) is 4.74 Å². The first-order chi connectivity index (χ1) is 9.32. The highest BCUT2D eigenvalue weighted by Gasteiger charge is 2.39. The first kappa shape index (κ1) is 14.6. The van der Waals surface area contributed by atoms with E-state index in [-0.39, 0.29) is 11.5 Å². The van der Waals surface area contributed by atoms with Crippen LogP contribution in [0.4, 0.5) is 10.5 Å². The zero-order valence-electron chi connectivity index (χ0n) is 11.5. The average molecular weight is 298 g/mol. The van der Waals surface area contributed by atoms with Gasteiger partial charge in [-0.15, -0.1) is 0 Å². The van der Waals surface area contributed by atoms with Crippen LogP contribution in [0.25, 0.3) is 0 Å². The van der Waals surface area contributed by atoms with E-state index in [1.165, 1.54) is 0 Å². The summed E-state index contributed by atoms with van der Waals surface area (Å²) in [7, 11) is -1.47. The van der Waals surface area contributed by atoms with Gasteiger partial charge < -0.3 is 15.4 Å². The molecule has 7 heteroatoms. The molecule has 0 spiro atoms. The van der Waals surface area contributed by atoms with E-state index in [9.17, 15) is 13.2 Å². The van der Waals surface area contributed by atoms with Crippen LogP contribution in [0.3, 0.4) is 0 Å². The molecule has 2 amide bonds. The molecule has 1 aromatic carbocycles. The normalized spacial score (nSPS) is 24.1. The largest absolute Gasteiger partial charge is 0.497 e. The molecule has 0 saturated carbocycles. The standard InChI is InChI=1S/C13H18N2O4S/c1-13(7-8-20(17,18)9-13)15-12(16)14-10-3-5-11(19-2)6-4-10/h3-6H,7-9H2,1-2H3,(H2,14,15,16)/t13-/m0/s1. The highest BCUT2D eigenvalue weighted by Crippen LogP contribution is 2.23. The molecule has 1 fully saturated rings.